The molecule has 1 aliphatic carbocycles. The number of pyridine rings is 1. The first-order chi connectivity index (χ1) is 12.1. The number of anilines is 1. The molecule has 0 atom stereocenters. The van der Waals surface area contributed by atoms with Crippen molar-refractivity contribution in [2.45, 2.75) is 19.3 Å². The summed E-state index contributed by atoms with van der Waals surface area (Å²) < 4.78 is 15.6. The molecule has 2 heterocycles. The van der Waals surface area contributed by atoms with Crippen molar-refractivity contribution in [1.82, 2.24) is 14.6 Å². The molecular formula is C18H14FN5O. The standard InChI is InChI=1S/C18H14FN5O/c19-15-6-12(3-4-13(15)9-20)16-7-14(8-17-21-10-22-24(16)17)23-18(25)5-11-1-2-11/h3-4,6-8,10-11H,1-2,5H2,(H,23,25). The zero-order valence-electron chi connectivity index (χ0n) is 13.2. The van der Waals surface area contributed by atoms with Gasteiger partial charge in [0, 0.05) is 23.7 Å². The Balaban J connectivity index is 1.74. The molecule has 0 bridgehead atoms. The highest BCUT2D eigenvalue weighted by Crippen LogP contribution is 2.33. The number of hydrogen-bond donors (Lipinski definition) is 1. The van der Waals surface area contributed by atoms with Crippen LogP contribution in [0.2, 0.25) is 0 Å². The summed E-state index contributed by atoms with van der Waals surface area (Å²) in [4.78, 5) is 16.2. The molecule has 0 spiro atoms. The van der Waals surface area contributed by atoms with Gasteiger partial charge in [0.15, 0.2) is 5.65 Å². The number of hydrogen-bond acceptors (Lipinski definition) is 4. The molecular weight excluding hydrogens is 321 g/mol. The summed E-state index contributed by atoms with van der Waals surface area (Å²) in [5, 5.41) is 15.9. The Hall–Kier alpha value is -3.27. The molecule has 3 aromatic rings. The topological polar surface area (TPSA) is 83.1 Å². The number of benzene rings is 1. The predicted octanol–water partition coefficient (Wildman–Crippen LogP) is 3.15. The molecule has 7 heteroatoms. The maximum absolute atomic E-state index is 14.0. The Morgan fingerprint density at radius 1 is 1.36 bits per heavy atom. The maximum Gasteiger partial charge on any atom is 0.224 e. The van der Waals surface area contributed by atoms with Crippen molar-refractivity contribution >= 4 is 17.2 Å². The summed E-state index contributed by atoms with van der Waals surface area (Å²) in [5.74, 6) is -0.149. The molecule has 1 aliphatic rings. The SMILES string of the molecule is N#Cc1ccc(-c2cc(NC(=O)CC3CC3)cc3ncnn23)cc1F. The predicted molar refractivity (Wildman–Crippen MR) is 89.1 cm³/mol. The first-order valence-corrected chi connectivity index (χ1v) is 7.97. The normalized spacial score (nSPS) is 13.6. The fraction of sp³-hybridized carbons (Fsp3) is 0.222. The lowest BCUT2D eigenvalue weighted by Crippen LogP contribution is -2.12. The van der Waals surface area contributed by atoms with Gasteiger partial charge >= 0.3 is 0 Å². The largest absolute Gasteiger partial charge is 0.326 e. The van der Waals surface area contributed by atoms with Crippen LogP contribution in [0.15, 0.2) is 36.7 Å². The Labute approximate surface area is 142 Å². The van der Waals surface area contributed by atoms with Crippen molar-refractivity contribution in [3.8, 4) is 17.3 Å². The van der Waals surface area contributed by atoms with E-state index in [0.29, 0.717) is 34.9 Å². The lowest BCUT2D eigenvalue weighted by atomic mass is 10.1. The number of halogens is 1. The fourth-order valence-corrected chi connectivity index (χ4v) is 2.76. The van der Waals surface area contributed by atoms with E-state index in [1.54, 1.807) is 28.8 Å². The van der Waals surface area contributed by atoms with Crippen LogP contribution in [-0.4, -0.2) is 20.5 Å². The Kier molecular flexibility index (Phi) is 3.65. The summed E-state index contributed by atoms with van der Waals surface area (Å²) in [6.07, 6.45) is 4.12. The van der Waals surface area contributed by atoms with Crippen molar-refractivity contribution in [2.24, 2.45) is 5.92 Å². The Morgan fingerprint density at radius 2 is 2.20 bits per heavy atom. The zero-order chi connectivity index (χ0) is 17.4. The van der Waals surface area contributed by atoms with Crippen molar-refractivity contribution < 1.29 is 9.18 Å². The minimum Gasteiger partial charge on any atom is -0.326 e. The first kappa shape index (κ1) is 15.3. The minimum atomic E-state index is -0.601. The van der Waals surface area contributed by atoms with Crippen LogP contribution < -0.4 is 5.32 Å². The van der Waals surface area contributed by atoms with Gasteiger partial charge in [-0.1, -0.05) is 6.07 Å². The molecule has 1 N–H and O–H groups in total. The molecule has 1 aromatic carbocycles. The van der Waals surface area contributed by atoms with Crippen LogP contribution >= 0.6 is 0 Å². The number of nitriles is 1. The van der Waals surface area contributed by atoms with E-state index < -0.39 is 5.82 Å². The van der Waals surface area contributed by atoms with Crippen LogP contribution in [0.1, 0.15) is 24.8 Å². The second-order valence-corrected chi connectivity index (χ2v) is 6.16. The third-order valence-corrected chi connectivity index (χ3v) is 4.22. The van der Waals surface area contributed by atoms with E-state index in [1.165, 1.54) is 18.5 Å². The molecule has 6 nitrogen and oxygen atoms in total. The molecule has 0 radical (unpaired) electrons. The van der Waals surface area contributed by atoms with Gasteiger partial charge < -0.3 is 5.32 Å². The second-order valence-electron chi connectivity index (χ2n) is 6.16. The van der Waals surface area contributed by atoms with Gasteiger partial charge in [0.2, 0.25) is 5.91 Å². The molecule has 1 saturated carbocycles. The van der Waals surface area contributed by atoms with E-state index in [1.807, 2.05) is 0 Å². The van der Waals surface area contributed by atoms with Crippen molar-refractivity contribution in [3.63, 3.8) is 0 Å². The monoisotopic (exact) mass is 335 g/mol. The molecule has 124 valence electrons. The van der Waals surface area contributed by atoms with E-state index in [0.717, 1.165) is 12.8 Å². The molecule has 0 unspecified atom stereocenters. The average Bonchev–Trinajstić information content (AvgIpc) is 3.27. The highest BCUT2D eigenvalue weighted by atomic mass is 19.1. The number of nitrogens with one attached hydrogen (secondary N) is 1. The average molecular weight is 335 g/mol. The number of carbonyl (C=O) groups is 1. The molecule has 1 amide bonds. The van der Waals surface area contributed by atoms with Crippen LogP contribution in [0.3, 0.4) is 0 Å². The molecule has 25 heavy (non-hydrogen) atoms. The fourth-order valence-electron chi connectivity index (χ4n) is 2.76. The number of aromatic nitrogens is 3. The van der Waals surface area contributed by atoms with E-state index >= 15 is 0 Å². The quantitative estimate of drug-likeness (QED) is 0.794. The van der Waals surface area contributed by atoms with Crippen LogP contribution in [0.25, 0.3) is 16.9 Å². The Morgan fingerprint density at radius 3 is 2.92 bits per heavy atom. The number of rotatable bonds is 4. The third-order valence-electron chi connectivity index (χ3n) is 4.22. The lowest BCUT2D eigenvalue weighted by Gasteiger charge is -2.10. The van der Waals surface area contributed by atoms with E-state index in [4.69, 9.17) is 5.26 Å². The first-order valence-electron chi connectivity index (χ1n) is 7.97. The van der Waals surface area contributed by atoms with E-state index in [2.05, 4.69) is 15.4 Å². The number of fused-ring (bicyclic) bond motifs is 1. The third kappa shape index (κ3) is 3.06. The number of carbonyl (C=O) groups excluding carboxylic acids is 1. The van der Waals surface area contributed by atoms with Crippen LogP contribution in [-0.2, 0) is 4.79 Å². The zero-order valence-corrected chi connectivity index (χ0v) is 13.2. The molecule has 0 aliphatic heterocycles. The maximum atomic E-state index is 14.0. The van der Waals surface area contributed by atoms with Gasteiger partial charge in [0.25, 0.3) is 0 Å². The number of nitrogens with zero attached hydrogens (tertiary/aromatic N) is 4. The van der Waals surface area contributed by atoms with Gasteiger partial charge in [-0.2, -0.15) is 10.4 Å². The summed E-state index contributed by atoms with van der Waals surface area (Å²) >= 11 is 0. The lowest BCUT2D eigenvalue weighted by molar-refractivity contribution is -0.116. The van der Waals surface area contributed by atoms with E-state index in [9.17, 15) is 9.18 Å². The molecule has 0 saturated heterocycles. The minimum absolute atomic E-state index is 0.0209. The van der Waals surface area contributed by atoms with Gasteiger partial charge in [-0.15, -0.1) is 0 Å². The second kappa shape index (κ2) is 5.98. The molecule has 4 rings (SSSR count). The van der Waals surface area contributed by atoms with Crippen molar-refractivity contribution in [3.05, 3.63) is 48.0 Å². The van der Waals surface area contributed by atoms with Gasteiger partial charge in [-0.3, -0.25) is 4.79 Å². The van der Waals surface area contributed by atoms with Gasteiger partial charge in [0.1, 0.15) is 18.2 Å². The summed E-state index contributed by atoms with van der Waals surface area (Å²) in [5.41, 5.74) is 2.24. The summed E-state index contributed by atoms with van der Waals surface area (Å²) in [6, 6.07) is 9.61. The highest BCUT2D eigenvalue weighted by molar-refractivity contribution is 5.92. The smallest absolute Gasteiger partial charge is 0.224 e. The van der Waals surface area contributed by atoms with Gasteiger partial charge in [-0.25, -0.2) is 13.9 Å². The molecule has 1 fully saturated rings. The number of amides is 1. The van der Waals surface area contributed by atoms with E-state index in [-0.39, 0.29) is 11.5 Å². The van der Waals surface area contributed by atoms with Crippen molar-refractivity contribution in [1.29, 1.82) is 5.26 Å². The van der Waals surface area contributed by atoms with Crippen LogP contribution in [0, 0.1) is 23.1 Å². The van der Waals surface area contributed by atoms with Gasteiger partial charge in [0.05, 0.1) is 11.3 Å². The molecule has 2 aromatic heterocycles. The van der Waals surface area contributed by atoms with Gasteiger partial charge in [-0.05, 0) is 37.0 Å². The summed E-state index contributed by atoms with van der Waals surface area (Å²) in [7, 11) is 0. The summed E-state index contributed by atoms with van der Waals surface area (Å²) in [6.45, 7) is 0. The van der Waals surface area contributed by atoms with Crippen LogP contribution in [0.5, 0.6) is 0 Å². The highest BCUT2D eigenvalue weighted by Gasteiger charge is 2.24. The Bertz CT molecular complexity index is 1020. The van der Waals surface area contributed by atoms with Crippen molar-refractivity contribution in [2.75, 3.05) is 5.32 Å². The van der Waals surface area contributed by atoms with Crippen LogP contribution in [0.4, 0.5) is 10.1 Å².